The second-order valence-corrected chi connectivity index (χ2v) is 7.98. The lowest BCUT2D eigenvalue weighted by molar-refractivity contribution is -0.148. The number of rotatable bonds is 20. The average molecular weight is 369 g/mol. The van der Waals surface area contributed by atoms with Crippen molar-refractivity contribution in [2.24, 2.45) is 5.92 Å². The second kappa shape index (κ2) is 20.8. The lowest BCUT2D eigenvalue weighted by Gasteiger charge is -2.15. The third-order valence-corrected chi connectivity index (χ3v) is 5.43. The number of esters is 1. The van der Waals surface area contributed by atoms with Crippen molar-refractivity contribution in [1.29, 1.82) is 0 Å². The van der Waals surface area contributed by atoms with Gasteiger partial charge in [-0.2, -0.15) is 0 Å². The standard InChI is InChI=1S/C24H48O2/c1-4-7-9-11-12-13-14-15-16-17-18-20-22-23(24(25)26-6-3)21-19-10-8-5-2/h23H,4-22H2,1-3H3. The number of hydrogen-bond acceptors (Lipinski definition) is 2. The molecule has 0 aliphatic heterocycles. The van der Waals surface area contributed by atoms with Crippen LogP contribution in [0.1, 0.15) is 136 Å². The first-order chi connectivity index (χ1) is 12.8. The Labute approximate surface area is 164 Å². The van der Waals surface area contributed by atoms with Gasteiger partial charge >= 0.3 is 5.97 Å². The van der Waals surface area contributed by atoms with Crippen LogP contribution in [0.15, 0.2) is 0 Å². The van der Waals surface area contributed by atoms with Crippen LogP contribution in [0.5, 0.6) is 0 Å². The van der Waals surface area contributed by atoms with Crippen molar-refractivity contribution in [2.75, 3.05) is 6.61 Å². The van der Waals surface area contributed by atoms with E-state index in [1.54, 1.807) is 0 Å². The summed E-state index contributed by atoms with van der Waals surface area (Å²) in [6, 6.07) is 0. The Balaban J connectivity index is 3.60. The monoisotopic (exact) mass is 368 g/mol. The minimum atomic E-state index is 0.0482. The molecule has 0 saturated heterocycles. The van der Waals surface area contributed by atoms with Gasteiger partial charge in [-0.1, -0.05) is 117 Å². The van der Waals surface area contributed by atoms with E-state index in [1.165, 1.54) is 103 Å². The number of carbonyl (C=O) groups is 1. The number of ether oxygens (including phenoxy) is 1. The highest BCUT2D eigenvalue weighted by Crippen LogP contribution is 2.20. The predicted molar refractivity (Wildman–Crippen MR) is 115 cm³/mol. The van der Waals surface area contributed by atoms with Gasteiger partial charge in [0.05, 0.1) is 12.5 Å². The van der Waals surface area contributed by atoms with Gasteiger partial charge in [-0.15, -0.1) is 0 Å². The maximum absolute atomic E-state index is 12.1. The van der Waals surface area contributed by atoms with Gasteiger partial charge in [0.25, 0.3) is 0 Å². The first-order valence-corrected chi connectivity index (χ1v) is 11.9. The summed E-state index contributed by atoms with van der Waals surface area (Å²) < 4.78 is 5.28. The van der Waals surface area contributed by atoms with Crippen LogP contribution >= 0.6 is 0 Å². The Bertz CT molecular complexity index is 288. The van der Waals surface area contributed by atoms with Crippen LogP contribution in [0.3, 0.4) is 0 Å². The minimum Gasteiger partial charge on any atom is -0.466 e. The zero-order valence-electron chi connectivity index (χ0n) is 18.3. The van der Waals surface area contributed by atoms with Crippen molar-refractivity contribution in [3.63, 3.8) is 0 Å². The third-order valence-electron chi connectivity index (χ3n) is 5.43. The van der Waals surface area contributed by atoms with Crippen LogP contribution in [0.4, 0.5) is 0 Å². The number of unbranched alkanes of at least 4 members (excludes halogenated alkanes) is 14. The number of carbonyl (C=O) groups excluding carboxylic acids is 1. The molecule has 0 amide bonds. The summed E-state index contributed by atoms with van der Waals surface area (Å²) in [4.78, 5) is 12.1. The maximum Gasteiger partial charge on any atom is 0.308 e. The van der Waals surface area contributed by atoms with Crippen molar-refractivity contribution in [2.45, 2.75) is 136 Å². The molecule has 0 spiro atoms. The molecule has 0 N–H and O–H groups in total. The zero-order valence-corrected chi connectivity index (χ0v) is 18.3. The molecular weight excluding hydrogens is 320 g/mol. The zero-order chi connectivity index (χ0) is 19.3. The van der Waals surface area contributed by atoms with Crippen LogP contribution in [-0.2, 0) is 9.53 Å². The lowest BCUT2D eigenvalue weighted by atomic mass is 9.94. The van der Waals surface area contributed by atoms with Crippen molar-refractivity contribution in [3.8, 4) is 0 Å². The van der Waals surface area contributed by atoms with Crippen molar-refractivity contribution >= 4 is 5.97 Å². The Kier molecular flexibility index (Phi) is 20.4. The Hall–Kier alpha value is -0.530. The summed E-state index contributed by atoms with van der Waals surface area (Å²) in [5, 5.41) is 0. The van der Waals surface area contributed by atoms with Crippen LogP contribution < -0.4 is 0 Å². The van der Waals surface area contributed by atoms with Gasteiger partial charge in [0, 0.05) is 0 Å². The molecule has 0 rings (SSSR count). The van der Waals surface area contributed by atoms with Crippen LogP contribution in [0.25, 0.3) is 0 Å². The van der Waals surface area contributed by atoms with E-state index in [0.717, 1.165) is 12.8 Å². The molecule has 0 aliphatic carbocycles. The SMILES string of the molecule is CCCCCCCCCCCCCCC(CCCCCC)C(=O)OCC. The maximum atomic E-state index is 12.1. The van der Waals surface area contributed by atoms with E-state index in [2.05, 4.69) is 13.8 Å². The first kappa shape index (κ1) is 25.5. The van der Waals surface area contributed by atoms with Gasteiger partial charge in [0.2, 0.25) is 0 Å². The quantitative estimate of drug-likeness (QED) is 0.160. The highest BCUT2D eigenvalue weighted by Gasteiger charge is 2.18. The molecule has 0 aromatic rings. The fourth-order valence-corrected chi connectivity index (χ4v) is 3.69. The molecule has 26 heavy (non-hydrogen) atoms. The molecule has 156 valence electrons. The topological polar surface area (TPSA) is 26.3 Å². The summed E-state index contributed by atoms with van der Waals surface area (Å²) in [6.07, 6.45) is 23.5. The van der Waals surface area contributed by atoms with E-state index in [0.29, 0.717) is 6.61 Å². The Morgan fingerprint density at radius 3 is 1.31 bits per heavy atom. The molecule has 0 fully saturated rings. The normalized spacial score (nSPS) is 12.3. The van der Waals surface area contributed by atoms with Crippen molar-refractivity contribution in [1.82, 2.24) is 0 Å². The highest BCUT2D eigenvalue weighted by atomic mass is 16.5. The van der Waals surface area contributed by atoms with E-state index in [-0.39, 0.29) is 11.9 Å². The average Bonchev–Trinajstić information content (AvgIpc) is 2.64. The molecule has 1 atom stereocenters. The summed E-state index contributed by atoms with van der Waals surface area (Å²) in [6.45, 7) is 6.94. The van der Waals surface area contributed by atoms with E-state index in [1.807, 2.05) is 6.92 Å². The van der Waals surface area contributed by atoms with Gasteiger partial charge in [-0.25, -0.2) is 0 Å². The minimum absolute atomic E-state index is 0.0482. The Morgan fingerprint density at radius 2 is 0.923 bits per heavy atom. The summed E-state index contributed by atoms with van der Waals surface area (Å²) in [7, 11) is 0. The van der Waals surface area contributed by atoms with E-state index in [9.17, 15) is 4.79 Å². The van der Waals surface area contributed by atoms with E-state index < -0.39 is 0 Å². The fraction of sp³-hybridized carbons (Fsp3) is 0.958. The molecule has 1 unspecified atom stereocenters. The van der Waals surface area contributed by atoms with Gasteiger partial charge in [0.15, 0.2) is 0 Å². The van der Waals surface area contributed by atoms with E-state index in [4.69, 9.17) is 4.74 Å². The van der Waals surface area contributed by atoms with Crippen molar-refractivity contribution in [3.05, 3.63) is 0 Å². The summed E-state index contributed by atoms with van der Waals surface area (Å²) >= 11 is 0. The van der Waals surface area contributed by atoms with Gasteiger partial charge < -0.3 is 4.74 Å². The molecule has 2 heteroatoms. The second-order valence-electron chi connectivity index (χ2n) is 7.98. The van der Waals surface area contributed by atoms with Crippen LogP contribution in [-0.4, -0.2) is 12.6 Å². The van der Waals surface area contributed by atoms with Gasteiger partial charge in [-0.3, -0.25) is 4.79 Å². The summed E-state index contributed by atoms with van der Waals surface area (Å²) in [5.41, 5.74) is 0. The van der Waals surface area contributed by atoms with Crippen LogP contribution in [0, 0.1) is 5.92 Å². The van der Waals surface area contributed by atoms with Gasteiger partial charge in [0.1, 0.15) is 0 Å². The Morgan fingerprint density at radius 1 is 0.577 bits per heavy atom. The molecule has 0 aliphatic rings. The molecule has 0 heterocycles. The molecular formula is C24H48O2. The molecule has 0 aromatic heterocycles. The highest BCUT2D eigenvalue weighted by molar-refractivity contribution is 5.72. The first-order valence-electron chi connectivity index (χ1n) is 11.9. The molecule has 0 bridgehead atoms. The van der Waals surface area contributed by atoms with Gasteiger partial charge in [-0.05, 0) is 19.8 Å². The third kappa shape index (κ3) is 16.9. The summed E-state index contributed by atoms with van der Waals surface area (Å²) in [5.74, 6) is 0.196. The predicted octanol–water partition coefficient (Wildman–Crippen LogP) is 8.23. The lowest BCUT2D eigenvalue weighted by Crippen LogP contribution is -2.18. The molecule has 2 nitrogen and oxygen atoms in total. The van der Waals surface area contributed by atoms with Crippen molar-refractivity contribution < 1.29 is 9.53 Å². The van der Waals surface area contributed by atoms with Crippen LogP contribution in [0.2, 0.25) is 0 Å². The molecule has 0 saturated carbocycles. The fourth-order valence-electron chi connectivity index (χ4n) is 3.69. The molecule has 0 radical (unpaired) electrons. The largest absolute Gasteiger partial charge is 0.466 e. The smallest absolute Gasteiger partial charge is 0.308 e. The molecule has 0 aromatic carbocycles. The number of hydrogen-bond donors (Lipinski definition) is 0. The van der Waals surface area contributed by atoms with E-state index >= 15 is 0 Å².